The molecule has 9 heteroatoms. The number of rotatable bonds is 8. The zero-order valence-corrected chi connectivity index (χ0v) is 23.3. The van der Waals surface area contributed by atoms with E-state index in [2.05, 4.69) is 27.7 Å². The van der Waals surface area contributed by atoms with Gasteiger partial charge in [0.15, 0.2) is 0 Å². The van der Waals surface area contributed by atoms with Crippen molar-refractivity contribution in [3.05, 3.63) is 131 Å². The van der Waals surface area contributed by atoms with Gasteiger partial charge in [0, 0.05) is 36.6 Å². The molecule has 1 aliphatic rings. The second-order valence-electron chi connectivity index (χ2n) is 10.7. The molecule has 0 unspecified atom stereocenters. The summed E-state index contributed by atoms with van der Waals surface area (Å²) < 4.78 is 52.1. The van der Waals surface area contributed by atoms with Crippen LogP contribution in [-0.4, -0.2) is 24.9 Å². The number of carbonyl (C=O) groups excluding carboxylic acids is 2. The zero-order valence-electron chi connectivity index (χ0n) is 23.3. The maximum Gasteiger partial charge on any atom is 0.416 e. The zero-order chi connectivity index (χ0) is 30.4. The Morgan fingerprint density at radius 1 is 0.791 bits per heavy atom. The molecule has 0 aromatic heterocycles. The van der Waals surface area contributed by atoms with Crippen molar-refractivity contribution in [3.63, 3.8) is 0 Å². The number of nitrogens with one attached hydrogen (secondary N) is 2. The largest absolute Gasteiger partial charge is 0.416 e. The summed E-state index contributed by atoms with van der Waals surface area (Å²) in [6.07, 6.45) is -1.60. The second kappa shape index (κ2) is 13.1. The van der Waals surface area contributed by atoms with E-state index in [-0.39, 0.29) is 23.8 Å². The normalized spacial score (nSPS) is 13.9. The molecule has 2 amide bonds. The molecular formula is C34H31F4N3O2. The third kappa shape index (κ3) is 7.80. The molecule has 1 aliphatic heterocycles. The minimum Gasteiger partial charge on any atom is -0.371 e. The summed E-state index contributed by atoms with van der Waals surface area (Å²) in [6, 6.07) is 25.2. The Morgan fingerprint density at radius 3 is 2.12 bits per heavy atom. The predicted octanol–water partition coefficient (Wildman–Crippen LogP) is 7.49. The third-order valence-corrected chi connectivity index (χ3v) is 7.66. The van der Waals surface area contributed by atoms with Crippen LogP contribution < -0.4 is 15.5 Å². The molecular weight excluding hydrogens is 558 g/mol. The SMILES string of the molecule is O=C(Nc1ccc(N2CCC(Cc3ccccc3)CC2)c(C(=O)NCc2ccc(F)cc2)c1)c1ccc(C(F)(F)F)cc1. The van der Waals surface area contributed by atoms with Crippen LogP contribution in [0.15, 0.2) is 97.1 Å². The summed E-state index contributed by atoms with van der Waals surface area (Å²) in [6.45, 7) is 1.69. The van der Waals surface area contributed by atoms with E-state index in [1.165, 1.54) is 17.7 Å². The molecule has 1 fully saturated rings. The fraction of sp³-hybridized carbons (Fsp3) is 0.235. The van der Waals surface area contributed by atoms with Gasteiger partial charge in [-0.05, 0) is 90.9 Å². The summed E-state index contributed by atoms with van der Waals surface area (Å²) >= 11 is 0. The number of hydrogen-bond acceptors (Lipinski definition) is 3. The van der Waals surface area contributed by atoms with E-state index in [9.17, 15) is 27.2 Å². The number of carbonyl (C=O) groups is 2. The van der Waals surface area contributed by atoms with E-state index in [1.54, 1.807) is 30.3 Å². The van der Waals surface area contributed by atoms with Gasteiger partial charge in [-0.1, -0.05) is 42.5 Å². The summed E-state index contributed by atoms with van der Waals surface area (Å²) in [4.78, 5) is 28.5. The van der Waals surface area contributed by atoms with Gasteiger partial charge in [0.25, 0.3) is 11.8 Å². The van der Waals surface area contributed by atoms with Gasteiger partial charge in [0.05, 0.1) is 11.1 Å². The predicted molar refractivity (Wildman–Crippen MR) is 158 cm³/mol. The second-order valence-corrected chi connectivity index (χ2v) is 10.7. The molecule has 0 saturated carbocycles. The molecule has 222 valence electrons. The average Bonchev–Trinajstić information content (AvgIpc) is 3.01. The highest BCUT2D eigenvalue weighted by atomic mass is 19.4. The number of hydrogen-bond donors (Lipinski definition) is 2. The van der Waals surface area contributed by atoms with Crippen LogP contribution in [0.2, 0.25) is 0 Å². The van der Waals surface area contributed by atoms with Crippen molar-refractivity contribution in [2.75, 3.05) is 23.3 Å². The summed E-state index contributed by atoms with van der Waals surface area (Å²) in [5.74, 6) is -0.807. The Hall–Kier alpha value is -4.66. The molecule has 0 atom stereocenters. The van der Waals surface area contributed by atoms with E-state index < -0.39 is 17.6 Å². The standard InChI is InChI=1S/C34H31F4N3O2/c35-28-12-6-25(7-13-28)22-39-33(43)30-21-29(40-32(42)26-8-10-27(11-9-26)34(36,37)38)14-15-31(30)41-18-16-24(17-19-41)20-23-4-2-1-3-5-23/h1-15,21,24H,16-20,22H2,(H,39,43)(H,40,42). The molecule has 4 aromatic rings. The first-order chi connectivity index (χ1) is 20.7. The van der Waals surface area contributed by atoms with Gasteiger partial charge in [-0.25, -0.2) is 4.39 Å². The van der Waals surface area contributed by atoms with Crippen LogP contribution in [0, 0.1) is 11.7 Å². The van der Waals surface area contributed by atoms with Crippen molar-refractivity contribution in [2.45, 2.75) is 32.0 Å². The van der Waals surface area contributed by atoms with Crippen molar-refractivity contribution in [2.24, 2.45) is 5.92 Å². The smallest absolute Gasteiger partial charge is 0.371 e. The first-order valence-corrected chi connectivity index (χ1v) is 14.1. The lowest BCUT2D eigenvalue weighted by atomic mass is 9.89. The Bertz CT molecular complexity index is 1550. The van der Waals surface area contributed by atoms with Crippen LogP contribution in [-0.2, 0) is 19.1 Å². The van der Waals surface area contributed by atoms with Crippen LogP contribution in [0.25, 0.3) is 0 Å². The van der Waals surface area contributed by atoms with E-state index in [0.717, 1.165) is 67.9 Å². The fourth-order valence-corrected chi connectivity index (χ4v) is 5.29. The van der Waals surface area contributed by atoms with Gasteiger partial charge in [-0.15, -0.1) is 0 Å². The number of nitrogens with zero attached hydrogens (tertiary/aromatic N) is 1. The Kier molecular flexibility index (Phi) is 9.09. The molecule has 2 N–H and O–H groups in total. The molecule has 1 heterocycles. The Labute approximate surface area is 247 Å². The molecule has 5 nitrogen and oxygen atoms in total. The van der Waals surface area contributed by atoms with Crippen molar-refractivity contribution in [1.29, 1.82) is 0 Å². The van der Waals surface area contributed by atoms with Gasteiger partial charge >= 0.3 is 6.18 Å². The van der Waals surface area contributed by atoms with Gasteiger partial charge < -0.3 is 15.5 Å². The Balaban J connectivity index is 1.32. The van der Waals surface area contributed by atoms with Crippen molar-refractivity contribution in [3.8, 4) is 0 Å². The quantitative estimate of drug-likeness (QED) is 0.210. The van der Waals surface area contributed by atoms with Gasteiger partial charge in [0.2, 0.25) is 0 Å². The molecule has 5 rings (SSSR count). The minimum atomic E-state index is -4.50. The maximum atomic E-state index is 13.5. The monoisotopic (exact) mass is 589 g/mol. The van der Waals surface area contributed by atoms with E-state index in [4.69, 9.17) is 0 Å². The molecule has 0 aliphatic carbocycles. The van der Waals surface area contributed by atoms with Crippen LogP contribution in [0.4, 0.5) is 28.9 Å². The maximum absolute atomic E-state index is 13.5. The van der Waals surface area contributed by atoms with Gasteiger partial charge in [0.1, 0.15) is 5.82 Å². The Morgan fingerprint density at radius 2 is 1.47 bits per heavy atom. The minimum absolute atomic E-state index is 0.0554. The highest BCUT2D eigenvalue weighted by Gasteiger charge is 2.30. The first kappa shape index (κ1) is 29.8. The lowest BCUT2D eigenvalue weighted by Gasteiger charge is -2.35. The summed E-state index contributed by atoms with van der Waals surface area (Å²) in [5, 5.41) is 5.58. The van der Waals surface area contributed by atoms with Gasteiger partial charge in [-0.3, -0.25) is 9.59 Å². The van der Waals surface area contributed by atoms with E-state index in [0.29, 0.717) is 17.2 Å². The molecule has 0 radical (unpaired) electrons. The van der Waals surface area contributed by atoms with E-state index >= 15 is 0 Å². The van der Waals surface area contributed by atoms with Crippen LogP contribution in [0.5, 0.6) is 0 Å². The summed E-state index contributed by atoms with van der Waals surface area (Å²) in [7, 11) is 0. The van der Waals surface area contributed by atoms with Crippen molar-refractivity contribution in [1.82, 2.24) is 5.32 Å². The lowest BCUT2D eigenvalue weighted by Crippen LogP contribution is -2.36. The highest BCUT2D eigenvalue weighted by Crippen LogP contribution is 2.31. The number of halogens is 4. The summed E-state index contributed by atoms with van der Waals surface area (Å²) in [5.41, 5.74) is 2.65. The molecule has 0 bridgehead atoms. The topological polar surface area (TPSA) is 61.4 Å². The van der Waals surface area contributed by atoms with Crippen LogP contribution >= 0.6 is 0 Å². The van der Waals surface area contributed by atoms with E-state index in [1.807, 2.05) is 18.2 Å². The number of anilines is 2. The van der Waals surface area contributed by atoms with Gasteiger partial charge in [-0.2, -0.15) is 13.2 Å². The average molecular weight is 590 g/mol. The number of amides is 2. The highest BCUT2D eigenvalue weighted by molar-refractivity contribution is 6.06. The van der Waals surface area contributed by atoms with Crippen LogP contribution in [0.1, 0.15) is 50.2 Å². The van der Waals surface area contributed by atoms with Crippen LogP contribution in [0.3, 0.4) is 0 Å². The molecule has 0 spiro atoms. The molecule has 4 aromatic carbocycles. The lowest BCUT2D eigenvalue weighted by molar-refractivity contribution is -0.137. The number of alkyl halides is 3. The fourth-order valence-electron chi connectivity index (χ4n) is 5.29. The van der Waals surface area contributed by atoms with Crippen molar-refractivity contribution < 1.29 is 27.2 Å². The molecule has 43 heavy (non-hydrogen) atoms. The number of benzene rings is 4. The number of piperidine rings is 1. The third-order valence-electron chi connectivity index (χ3n) is 7.66. The first-order valence-electron chi connectivity index (χ1n) is 14.1. The van der Waals surface area contributed by atoms with Crippen molar-refractivity contribution >= 4 is 23.2 Å². The molecule has 1 saturated heterocycles.